The summed E-state index contributed by atoms with van der Waals surface area (Å²) in [7, 11) is 1.37. The predicted molar refractivity (Wildman–Crippen MR) is 89.9 cm³/mol. The maximum atomic E-state index is 12.4. The number of hydrogen-bond donors (Lipinski definition) is 3. The molecule has 1 aliphatic carbocycles. The second-order valence-corrected chi connectivity index (χ2v) is 7.09. The van der Waals surface area contributed by atoms with E-state index in [4.69, 9.17) is 0 Å². The van der Waals surface area contributed by atoms with Crippen LogP contribution in [0.15, 0.2) is 33.3 Å². The van der Waals surface area contributed by atoms with E-state index in [0.717, 1.165) is 9.44 Å². The lowest BCUT2D eigenvalue weighted by atomic mass is 9.76. The van der Waals surface area contributed by atoms with Crippen molar-refractivity contribution in [2.45, 2.75) is 31.4 Å². The molecule has 0 saturated heterocycles. The summed E-state index contributed by atoms with van der Waals surface area (Å²) < 4.78 is 0.946. The number of thiophene rings is 1. The van der Waals surface area contributed by atoms with Crippen molar-refractivity contribution in [3.05, 3.63) is 55.0 Å². The minimum absolute atomic E-state index is 0.0966. The van der Waals surface area contributed by atoms with Gasteiger partial charge in [0.2, 0.25) is 5.91 Å². The Labute approximate surface area is 142 Å². The monoisotopic (exact) mass is 349 g/mol. The smallest absolute Gasteiger partial charge is 0.328 e. The highest BCUT2D eigenvalue weighted by atomic mass is 32.1. The summed E-state index contributed by atoms with van der Waals surface area (Å²) in [5.74, 6) is -0.0834. The van der Waals surface area contributed by atoms with Crippen molar-refractivity contribution in [3.63, 3.8) is 0 Å². The summed E-state index contributed by atoms with van der Waals surface area (Å²) in [6.07, 6.45) is 2.20. The Morgan fingerprint density at radius 3 is 2.88 bits per heavy atom. The maximum Gasteiger partial charge on any atom is 0.328 e. The molecule has 2 aromatic heterocycles. The van der Waals surface area contributed by atoms with Crippen molar-refractivity contribution in [2.75, 3.05) is 0 Å². The lowest BCUT2D eigenvalue weighted by molar-refractivity contribution is -0.122. The van der Waals surface area contributed by atoms with Crippen molar-refractivity contribution in [3.8, 4) is 0 Å². The Morgan fingerprint density at radius 2 is 2.25 bits per heavy atom. The third-order valence-corrected chi connectivity index (χ3v) is 5.35. The van der Waals surface area contributed by atoms with Crippen LogP contribution in [0.25, 0.3) is 0 Å². The van der Waals surface area contributed by atoms with Crippen LogP contribution in [-0.4, -0.2) is 26.7 Å². The number of aromatic nitrogens is 2. The maximum absolute atomic E-state index is 12.4. The molecular weight excluding hydrogens is 330 g/mol. The van der Waals surface area contributed by atoms with E-state index < -0.39 is 11.2 Å². The number of aliphatic hydroxyl groups excluding tert-OH is 1. The number of H-pyrrole nitrogens is 1. The number of nitrogens with zero attached hydrogens (tertiary/aromatic N) is 1. The van der Waals surface area contributed by atoms with E-state index in [1.165, 1.54) is 13.2 Å². The molecule has 0 unspecified atom stereocenters. The molecule has 2 aromatic rings. The molecule has 1 fully saturated rings. The summed E-state index contributed by atoms with van der Waals surface area (Å²) in [4.78, 5) is 39.2. The number of amides is 1. The summed E-state index contributed by atoms with van der Waals surface area (Å²) in [5.41, 5.74) is -0.738. The molecule has 3 N–H and O–H groups in total. The number of rotatable bonds is 5. The van der Waals surface area contributed by atoms with Crippen LogP contribution in [0.4, 0.5) is 0 Å². The molecule has 0 aromatic carbocycles. The van der Waals surface area contributed by atoms with Crippen LogP contribution in [0.2, 0.25) is 0 Å². The van der Waals surface area contributed by atoms with Crippen LogP contribution in [0.5, 0.6) is 0 Å². The molecule has 1 saturated carbocycles. The van der Waals surface area contributed by atoms with Gasteiger partial charge in [0.1, 0.15) is 0 Å². The molecule has 0 bridgehead atoms. The first-order valence-electron chi connectivity index (χ1n) is 7.74. The van der Waals surface area contributed by atoms with Crippen LogP contribution in [0, 0.1) is 5.92 Å². The number of carbonyl (C=O) groups is 1. The molecule has 7 nitrogen and oxygen atoms in total. The molecular formula is C16H19N3O4S. The molecule has 8 heteroatoms. The van der Waals surface area contributed by atoms with Gasteiger partial charge in [-0.15, -0.1) is 11.3 Å². The first-order chi connectivity index (χ1) is 11.5. The Morgan fingerprint density at radius 1 is 1.50 bits per heavy atom. The van der Waals surface area contributed by atoms with Crippen LogP contribution in [-0.2, 0) is 18.3 Å². The standard InChI is InChI=1S/C16H19N3O4S/c1-19-15(22)10(8-17-16(19)23)7-13(21)18-14(9-5-11(20)6-9)12-3-2-4-24-12/h2-4,8-9,11,14,20H,5-7H2,1H3,(H,17,23)(H,18,21)/t9?,11?,14-/m1/s1. The zero-order valence-corrected chi connectivity index (χ0v) is 14.0. The zero-order chi connectivity index (χ0) is 17.3. The minimum atomic E-state index is -0.510. The lowest BCUT2D eigenvalue weighted by Crippen LogP contribution is -2.42. The molecule has 0 radical (unpaired) electrons. The first-order valence-corrected chi connectivity index (χ1v) is 8.62. The van der Waals surface area contributed by atoms with E-state index in [2.05, 4.69) is 10.3 Å². The van der Waals surface area contributed by atoms with Gasteiger partial charge in [0.05, 0.1) is 18.6 Å². The summed E-state index contributed by atoms with van der Waals surface area (Å²) in [5, 5.41) is 14.5. The highest BCUT2D eigenvalue weighted by Crippen LogP contribution is 2.39. The van der Waals surface area contributed by atoms with Gasteiger partial charge in [-0.1, -0.05) is 6.07 Å². The van der Waals surface area contributed by atoms with Gasteiger partial charge >= 0.3 is 5.69 Å². The third-order valence-electron chi connectivity index (χ3n) is 4.39. The highest BCUT2D eigenvalue weighted by Gasteiger charge is 2.36. The topological polar surface area (TPSA) is 104 Å². The van der Waals surface area contributed by atoms with Gasteiger partial charge in [-0.3, -0.25) is 14.2 Å². The Bertz CT molecular complexity index is 834. The fourth-order valence-electron chi connectivity index (χ4n) is 2.93. The van der Waals surface area contributed by atoms with Crippen LogP contribution < -0.4 is 16.6 Å². The highest BCUT2D eigenvalue weighted by molar-refractivity contribution is 7.10. The van der Waals surface area contributed by atoms with Gasteiger partial charge in [0, 0.05) is 23.7 Å². The van der Waals surface area contributed by atoms with Gasteiger partial charge in [0.25, 0.3) is 5.56 Å². The third kappa shape index (κ3) is 3.34. The molecule has 3 rings (SSSR count). The van der Waals surface area contributed by atoms with Gasteiger partial charge in [-0.25, -0.2) is 4.79 Å². The number of carbonyl (C=O) groups excluding carboxylic acids is 1. The molecule has 128 valence electrons. The van der Waals surface area contributed by atoms with Crippen molar-refractivity contribution < 1.29 is 9.90 Å². The van der Waals surface area contributed by atoms with Gasteiger partial charge in [-0.05, 0) is 30.2 Å². The first kappa shape index (κ1) is 16.7. The molecule has 1 atom stereocenters. The summed E-state index contributed by atoms with van der Waals surface area (Å²) >= 11 is 1.56. The van der Waals surface area contributed by atoms with E-state index in [-0.39, 0.29) is 36.0 Å². The van der Waals surface area contributed by atoms with Gasteiger partial charge in [-0.2, -0.15) is 0 Å². The average Bonchev–Trinajstić information content (AvgIpc) is 3.05. The number of aliphatic hydroxyl groups is 1. The fourth-order valence-corrected chi connectivity index (χ4v) is 3.80. The lowest BCUT2D eigenvalue weighted by Gasteiger charge is -2.37. The van der Waals surface area contributed by atoms with Crippen LogP contribution >= 0.6 is 11.3 Å². The van der Waals surface area contributed by atoms with Gasteiger partial charge in [0.15, 0.2) is 0 Å². The molecule has 0 spiro atoms. The molecule has 0 aliphatic heterocycles. The van der Waals surface area contributed by atoms with E-state index in [1.54, 1.807) is 11.3 Å². The number of nitrogens with one attached hydrogen (secondary N) is 2. The van der Waals surface area contributed by atoms with Crippen LogP contribution in [0.3, 0.4) is 0 Å². The Kier molecular flexibility index (Phi) is 4.68. The van der Waals surface area contributed by atoms with E-state index in [1.807, 2.05) is 17.5 Å². The zero-order valence-electron chi connectivity index (χ0n) is 13.2. The van der Waals surface area contributed by atoms with Crippen molar-refractivity contribution >= 4 is 17.2 Å². The number of aromatic amines is 1. The van der Waals surface area contributed by atoms with Gasteiger partial charge < -0.3 is 15.4 Å². The molecule has 1 amide bonds. The second kappa shape index (κ2) is 6.74. The normalized spacial score (nSPS) is 21.1. The minimum Gasteiger partial charge on any atom is -0.393 e. The second-order valence-electron chi connectivity index (χ2n) is 6.11. The SMILES string of the molecule is Cn1c(=O)[nH]cc(CC(=O)N[C@@H](c2cccs2)C2CC(O)C2)c1=O. The van der Waals surface area contributed by atoms with Crippen molar-refractivity contribution in [1.82, 2.24) is 14.9 Å². The molecule has 24 heavy (non-hydrogen) atoms. The molecule has 2 heterocycles. The Hall–Kier alpha value is -2.19. The number of hydrogen-bond acceptors (Lipinski definition) is 5. The van der Waals surface area contributed by atoms with E-state index >= 15 is 0 Å². The summed E-state index contributed by atoms with van der Waals surface area (Å²) in [6.45, 7) is 0. The predicted octanol–water partition coefficient (Wildman–Crippen LogP) is 0.306. The van der Waals surface area contributed by atoms with Crippen molar-refractivity contribution in [2.24, 2.45) is 13.0 Å². The largest absolute Gasteiger partial charge is 0.393 e. The molecule has 1 aliphatic rings. The fraction of sp³-hybridized carbons (Fsp3) is 0.438. The van der Waals surface area contributed by atoms with E-state index in [9.17, 15) is 19.5 Å². The Balaban J connectivity index is 1.73. The quantitative estimate of drug-likeness (QED) is 0.722. The summed E-state index contributed by atoms with van der Waals surface area (Å²) in [6, 6.07) is 3.72. The van der Waals surface area contributed by atoms with E-state index in [0.29, 0.717) is 12.8 Å². The average molecular weight is 349 g/mol. The van der Waals surface area contributed by atoms with Crippen molar-refractivity contribution in [1.29, 1.82) is 0 Å². The van der Waals surface area contributed by atoms with Crippen LogP contribution in [0.1, 0.15) is 29.3 Å².